The number of hydrogen-bond acceptors (Lipinski definition) is 19. The number of anilines is 3. The Balaban J connectivity index is 0.000000133. The minimum absolute atomic E-state index is 0.00838. The maximum atomic E-state index is 13.0. The first-order valence-electron chi connectivity index (χ1n) is 30.6. The predicted molar refractivity (Wildman–Crippen MR) is 345 cm³/mol. The Morgan fingerprint density at radius 2 is 0.978 bits per heavy atom. The summed E-state index contributed by atoms with van der Waals surface area (Å²) in [7, 11) is 0. The molecule has 5 aromatic carbocycles. The molecule has 7 heterocycles. The molecular formula is C67H71N19O5. The van der Waals surface area contributed by atoms with Crippen LogP contribution in [-0.4, -0.2) is 125 Å². The van der Waals surface area contributed by atoms with Crippen molar-refractivity contribution in [3.63, 3.8) is 0 Å². The monoisotopic (exact) mass is 1220 g/mol. The summed E-state index contributed by atoms with van der Waals surface area (Å²) in [5.41, 5.74) is 29.2. The summed E-state index contributed by atoms with van der Waals surface area (Å²) in [6, 6.07) is 38.4. The first-order valence-corrected chi connectivity index (χ1v) is 30.6. The quantitative estimate of drug-likeness (QED) is 0.0635. The Morgan fingerprint density at radius 1 is 0.495 bits per heavy atom. The van der Waals surface area contributed by atoms with Crippen LogP contribution in [0.4, 0.5) is 17.5 Å². The number of carbonyl (C=O) groups excluding carboxylic acids is 4. The van der Waals surface area contributed by atoms with E-state index in [-0.39, 0.29) is 83.2 Å². The fourth-order valence-corrected chi connectivity index (χ4v) is 12.0. The van der Waals surface area contributed by atoms with E-state index in [4.69, 9.17) is 17.2 Å². The van der Waals surface area contributed by atoms with Gasteiger partial charge in [0.1, 0.15) is 5.82 Å². The molecule has 4 aromatic heterocycles. The number of carbonyl (C=O) groups is 4. The van der Waals surface area contributed by atoms with Crippen LogP contribution in [0.2, 0.25) is 0 Å². The van der Waals surface area contributed by atoms with E-state index in [1.807, 2.05) is 60.7 Å². The van der Waals surface area contributed by atoms with Gasteiger partial charge in [0.05, 0.1) is 54.4 Å². The van der Waals surface area contributed by atoms with E-state index in [1.54, 1.807) is 42.6 Å². The molecule has 0 radical (unpaired) electrons. The molecule has 2 aliphatic carbocycles. The Morgan fingerprint density at radius 3 is 1.48 bits per heavy atom. The van der Waals surface area contributed by atoms with Crippen molar-refractivity contribution in [3.05, 3.63) is 196 Å². The lowest BCUT2D eigenvalue weighted by Crippen LogP contribution is -2.37. The molecule has 3 aliphatic heterocycles. The van der Waals surface area contributed by atoms with Crippen molar-refractivity contribution in [2.75, 3.05) is 56.5 Å². The van der Waals surface area contributed by atoms with Gasteiger partial charge in [0.15, 0.2) is 34.5 Å². The van der Waals surface area contributed by atoms with Crippen molar-refractivity contribution in [1.29, 1.82) is 0 Å². The van der Waals surface area contributed by atoms with E-state index < -0.39 is 0 Å². The number of aliphatic hydroxyl groups is 1. The van der Waals surface area contributed by atoms with Crippen molar-refractivity contribution >= 4 is 41.1 Å². The normalized spacial score (nSPS) is 18.6. The number of hydrogen-bond donors (Lipinski definition) is 12. The molecule has 4 amide bonds. The number of nitrogens with one attached hydrogen (secondary N) is 8. The summed E-state index contributed by atoms with van der Waals surface area (Å²) >= 11 is 0. The average Bonchev–Trinajstić information content (AvgIpc) is 2.39. The molecule has 14 rings (SSSR count). The fourth-order valence-electron chi connectivity index (χ4n) is 12.0. The number of aryl methyl sites for hydroxylation is 2. The van der Waals surface area contributed by atoms with Gasteiger partial charge in [0, 0.05) is 65.5 Å². The first kappa shape index (κ1) is 60.9. The number of aliphatic hydroxyl groups excluding tert-OH is 1. The fraction of sp³-hybridized carbons (Fsp3) is 0.284. The molecule has 3 saturated heterocycles. The lowest BCUT2D eigenvalue weighted by molar-refractivity contribution is 0.0927. The highest BCUT2D eigenvalue weighted by atomic mass is 16.3. The molecule has 5 aliphatic rings. The maximum absolute atomic E-state index is 13.0. The zero-order valence-corrected chi connectivity index (χ0v) is 50.0. The minimum Gasteiger partial charge on any atom is -0.392 e. The summed E-state index contributed by atoms with van der Waals surface area (Å²) < 4.78 is 0. The van der Waals surface area contributed by atoms with Gasteiger partial charge < -0.3 is 59.5 Å². The van der Waals surface area contributed by atoms with Crippen LogP contribution >= 0.6 is 0 Å². The highest BCUT2D eigenvalue weighted by Crippen LogP contribution is 2.34. The molecule has 91 heavy (non-hydrogen) atoms. The van der Waals surface area contributed by atoms with E-state index in [0.29, 0.717) is 56.8 Å². The molecular weight excluding hydrogens is 1150 g/mol. The number of H-pyrrole nitrogens is 1. The molecule has 0 saturated carbocycles. The summed E-state index contributed by atoms with van der Waals surface area (Å²) in [5.74, 6) is 1.10. The predicted octanol–water partition coefficient (Wildman–Crippen LogP) is 5.55. The third kappa shape index (κ3) is 14.4. The Kier molecular flexibility index (Phi) is 18.7. The molecule has 15 N–H and O–H groups in total. The second kappa shape index (κ2) is 28.0. The number of aromatic nitrogens is 9. The molecule has 1 unspecified atom stereocenters. The van der Waals surface area contributed by atoms with E-state index >= 15 is 0 Å². The van der Waals surface area contributed by atoms with Gasteiger partial charge in [-0.05, 0) is 123 Å². The number of nitrogen functional groups attached to an aromatic ring is 3. The second-order valence-electron chi connectivity index (χ2n) is 23.1. The van der Waals surface area contributed by atoms with Crippen LogP contribution in [0.25, 0.3) is 45.3 Å². The SMILES string of the molecule is Nc1ncc(-c2cccc(C(=O)N[C@H]3CCc4ccccc43)c2)nc1C(=O)N[C@@H]1CCNC1.Nc1ncc(-c2cccc(C(=O)N[C@H]3CCc4ccccc43)c2)nc1C(=O)N[C@H]1CCNC1.Nc1ncc(-c2cccc(CO)c2)nc1-c1n[nH]c(C2CCNC2)n1. The second-order valence-corrected chi connectivity index (χ2v) is 23.1. The Hall–Kier alpha value is -10.4. The van der Waals surface area contributed by atoms with E-state index in [9.17, 15) is 24.3 Å². The number of aromatic amines is 1. The van der Waals surface area contributed by atoms with Gasteiger partial charge in [-0.15, -0.1) is 0 Å². The molecule has 0 spiro atoms. The number of amides is 4. The highest BCUT2D eigenvalue weighted by molar-refractivity contribution is 5.99. The van der Waals surface area contributed by atoms with Crippen LogP contribution in [-0.2, 0) is 19.4 Å². The van der Waals surface area contributed by atoms with Crippen molar-refractivity contribution < 1.29 is 24.3 Å². The number of nitrogens with zero attached hydrogens (tertiary/aromatic N) is 8. The summed E-state index contributed by atoms with van der Waals surface area (Å²) in [4.78, 5) is 82.0. The minimum atomic E-state index is -0.343. The van der Waals surface area contributed by atoms with Crippen molar-refractivity contribution in [2.45, 2.75) is 81.6 Å². The molecule has 24 heteroatoms. The lowest BCUT2D eigenvalue weighted by Gasteiger charge is -2.15. The zero-order chi connectivity index (χ0) is 62.8. The Bertz CT molecular complexity index is 3930. The zero-order valence-electron chi connectivity index (χ0n) is 50.0. The van der Waals surface area contributed by atoms with Crippen molar-refractivity contribution in [1.82, 2.24) is 82.3 Å². The molecule has 0 bridgehead atoms. The van der Waals surface area contributed by atoms with Crippen LogP contribution in [0.3, 0.4) is 0 Å². The van der Waals surface area contributed by atoms with Gasteiger partial charge in [0.2, 0.25) is 5.82 Å². The van der Waals surface area contributed by atoms with Gasteiger partial charge in [-0.3, -0.25) is 24.3 Å². The molecule has 3 fully saturated rings. The highest BCUT2D eigenvalue weighted by Gasteiger charge is 2.28. The largest absolute Gasteiger partial charge is 0.392 e. The standard InChI is InChI=1S/2C25H26N6O2.C17H19N7O/c2*26-23-22(25(33)29-18-10-11-27-13-18)30-21(14-28-23)16-5-3-6-17(12-16)24(32)31-20-9-8-15-4-1-2-7-19(15)20;18-15-14(17-22-16(23-24-17)12-4-5-19-7-12)21-13(8-20-15)11-3-1-2-10(6-11)9-25/h2*1-7,12,14,18,20,27H,8-11,13H2,(H2,26,28)(H,29,33)(H,31,32);1-3,6,8,12,19,25H,4-5,7,9H2,(H2,18,20)(H,22,23,24)/t18-,20+;18-,20-;/m10./s1. The van der Waals surface area contributed by atoms with Gasteiger partial charge in [0.25, 0.3) is 23.6 Å². The summed E-state index contributed by atoms with van der Waals surface area (Å²) in [5, 5.41) is 38.5. The van der Waals surface area contributed by atoms with Crippen LogP contribution in [0.15, 0.2) is 140 Å². The molecule has 5 atom stereocenters. The Labute approximate surface area is 525 Å². The first-order chi connectivity index (χ1) is 44.4. The third-order valence-corrected chi connectivity index (χ3v) is 16.9. The van der Waals surface area contributed by atoms with Gasteiger partial charge in [-0.25, -0.2) is 34.9 Å². The number of benzene rings is 5. The smallest absolute Gasteiger partial charge is 0.274 e. The number of rotatable bonds is 14. The van der Waals surface area contributed by atoms with Crippen LogP contribution in [0.1, 0.15) is 125 Å². The molecule has 9 aromatic rings. The lowest BCUT2D eigenvalue weighted by atomic mass is 10.1. The van der Waals surface area contributed by atoms with Gasteiger partial charge >= 0.3 is 0 Å². The van der Waals surface area contributed by atoms with E-state index in [2.05, 4.69) is 107 Å². The molecule has 24 nitrogen and oxygen atoms in total. The molecule has 464 valence electrons. The van der Waals surface area contributed by atoms with Crippen LogP contribution in [0, 0.1) is 0 Å². The van der Waals surface area contributed by atoms with Crippen molar-refractivity contribution in [2.24, 2.45) is 0 Å². The van der Waals surface area contributed by atoms with E-state index in [1.165, 1.54) is 34.6 Å². The maximum Gasteiger partial charge on any atom is 0.274 e. The summed E-state index contributed by atoms with van der Waals surface area (Å²) in [6.07, 6.45) is 11.1. The third-order valence-electron chi connectivity index (χ3n) is 16.9. The van der Waals surface area contributed by atoms with Crippen LogP contribution in [0.5, 0.6) is 0 Å². The van der Waals surface area contributed by atoms with Gasteiger partial charge in [-0.2, -0.15) is 5.10 Å². The average molecular weight is 1220 g/mol. The topological polar surface area (TPSA) is 370 Å². The van der Waals surface area contributed by atoms with Crippen LogP contribution < -0.4 is 54.4 Å². The number of fused-ring (bicyclic) bond motifs is 2. The van der Waals surface area contributed by atoms with Crippen molar-refractivity contribution in [3.8, 4) is 45.3 Å². The van der Waals surface area contributed by atoms with E-state index in [0.717, 1.165) is 101 Å². The van der Waals surface area contributed by atoms with Gasteiger partial charge in [-0.1, -0.05) is 91.0 Å². The number of nitrogens with two attached hydrogens (primary N) is 3. The summed E-state index contributed by atoms with van der Waals surface area (Å²) in [6.45, 7) is 5.04.